The highest BCUT2D eigenvalue weighted by molar-refractivity contribution is 5.96. The van der Waals surface area contributed by atoms with E-state index in [1.807, 2.05) is 6.92 Å². The Hall–Kier alpha value is -2.70. The molecule has 0 saturated carbocycles. The van der Waals surface area contributed by atoms with Crippen LogP contribution in [0.25, 0.3) is 11.4 Å². The lowest BCUT2D eigenvalue weighted by Crippen LogP contribution is -2.40. The van der Waals surface area contributed by atoms with Gasteiger partial charge in [-0.25, -0.2) is 9.78 Å². The molecular weight excluding hydrogens is 296 g/mol. The Morgan fingerprint density at radius 2 is 2.00 bits per heavy atom. The number of aliphatic carboxylic acids is 1. The van der Waals surface area contributed by atoms with Gasteiger partial charge in [0.05, 0.1) is 0 Å². The normalized spacial score (nSPS) is 11.9. The minimum atomic E-state index is -1.01. The predicted molar refractivity (Wildman–Crippen MR) is 84.9 cm³/mol. The van der Waals surface area contributed by atoms with Crippen LogP contribution >= 0.6 is 0 Å². The highest BCUT2D eigenvalue weighted by Crippen LogP contribution is 2.15. The monoisotopic (exact) mass is 316 g/mol. The van der Waals surface area contributed by atoms with Gasteiger partial charge in [-0.15, -0.1) is 0 Å². The van der Waals surface area contributed by atoms with Crippen molar-refractivity contribution in [2.45, 2.75) is 32.2 Å². The Morgan fingerprint density at radius 1 is 1.30 bits per heavy atom. The molecule has 2 rings (SSSR count). The summed E-state index contributed by atoms with van der Waals surface area (Å²) < 4.78 is 1.60. The first kappa shape index (κ1) is 16.7. The summed E-state index contributed by atoms with van der Waals surface area (Å²) in [5.41, 5.74) is 1.20. The van der Waals surface area contributed by atoms with Crippen molar-refractivity contribution >= 4 is 11.9 Å². The molecule has 7 heteroatoms. The average molecular weight is 316 g/mol. The van der Waals surface area contributed by atoms with Crippen molar-refractivity contribution in [2.24, 2.45) is 7.05 Å². The molecule has 1 aromatic heterocycles. The van der Waals surface area contributed by atoms with Crippen LogP contribution in [-0.2, 0) is 11.8 Å². The maximum Gasteiger partial charge on any atom is 0.326 e. The summed E-state index contributed by atoms with van der Waals surface area (Å²) in [7, 11) is 1.78. The number of hydrogen-bond acceptors (Lipinski definition) is 4. The molecule has 0 spiro atoms. The number of carboxylic acid groups (broad SMARTS) is 1. The first-order valence-corrected chi connectivity index (χ1v) is 7.51. The number of amides is 1. The molecule has 0 unspecified atom stereocenters. The minimum absolute atomic E-state index is 0.394. The van der Waals surface area contributed by atoms with E-state index in [1.54, 1.807) is 42.3 Å². The van der Waals surface area contributed by atoms with E-state index < -0.39 is 17.9 Å². The smallest absolute Gasteiger partial charge is 0.326 e. The predicted octanol–water partition coefficient (Wildman–Crippen LogP) is 1.86. The average Bonchev–Trinajstić information content (AvgIpc) is 2.97. The van der Waals surface area contributed by atoms with Gasteiger partial charge in [-0.3, -0.25) is 9.48 Å². The second kappa shape index (κ2) is 7.53. The summed E-state index contributed by atoms with van der Waals surface area (Å²) >= 11 is 0. The van der Waals surface area contributed by atoms with Crippen molar-refractivity contribution in [1.29, 1.82) is 0 Å². The van der Waals surface area contributed by atoms with Gasteiger partial charge in [0, 0.05) is 18.2 Å². The van der Waals surface area contributed by atoms with Gasteiger partial charge >= 0.3 is 5.97 Å². The molecule has 0 aliphatic carbocycles. The number of nitrogens with one attached hydrogen (secondary N) is 1. The zero-order chi connectivity index (χ0) is 16.8. The second-order valence-electron chi connectivity index (χ2n) is 5.33. The molecule has 2 aromatic rings. The Bertz CT molecular complexity index is 679. The number of hydrogen-bond donors (Lipinski definition) is 2. The number of carbonyl (C=O) groups is 2. The van der Waals surface area contributed by atoms with E-state index in [9.17, 15) is 9.59 Å². The Balaban J connectivity index is 2.06. The fourth-order valence-corrected chi connectivity index (χ4v) is 2.15. The van der Waals surface area contributed by atoms with Crippen molar-refractivity contribution in [3.05, 3.63) is 36.2 Å². The van der Waals surface area contributed by atoms with Crippen molar-refractivity contribution < 1.29 is 14.7 Å². The van der Waals surface area contributed by atoms with E-state index in [4.69, 9.17) is 5.11 Å². The van der Waals surface area contributed by atoms with Crippen LogP contribution in [0.15, 0.2) is 30.6 Å². The van der Waals surface area contributed by atoms with Crippen LogP contribution in [0, 0.1) is 0 Å². The van der Waals surface area contributed by atoms with Gasteiger partial charge in [0.1, 0.15) is 12.4 Å². The molecule has 1 amide bonds. The van der Waals surface area contributed by atoms with Gasteiger partial charge in [-0.1, -0.05) is 31.9 Å². The second-order valence-corrected chi connectivity index (χ2v) is 5.33. The van der Waals surface area contributed by atoms with Gasteiger partial charge in [0.15, 0.2) is 5.82 Å². The number of carboxylic acids is 1. The third kappa shape index (κ3) is 4.38. The lowest BCUT2D eigenvalue weighted by molar-refractivity contribution is -0.139. The Morgan fingerprint density at radius 3 is 2.52 bits per heavy atom. The molecule has 1 aromatic carbocycles. The third-order valence-corrected chi connectivity index (χ3v) is 3.45. The molecule has 23 heavy (non-hydrogen) atoms. The number of aryl methyl sites for hydroxylation is 1. The summed E-state index contributed by atoms with van der Waals surface area (Å²) in [6, 6.07) is 5.90. The lowest BCUT2D eigenvalue weighted by atomic mass is 10.1. The molecule has 0 saturated heterocycles. The highest BCUT2D eigenvalue weighted by atomic mass is 16.4. The van der Waals surface area contributed by atoms with Crippen LogP contribution < -0.4 is 5.32 Å². The van der Waals surface area contributed by atoms with Crippen molar-refractivity contribution in [1.82, 2.24) is 20.1 Å². The van der Waals surface area contributed by atoms with Crippen molar-refractivity contribution in [3.8, 4) is 11.4 Å². The number of rotatable bonds is 7. The van der Waals surface area contributed by atoms with Crippen LogP contribution in [0.2, 0.25) is 0 Å². The topological polar surface area (TPSA) is 97.1 Å². The van der Waals surface area contributed by atoms with E-state index in [2.05, 4.69) is 15.4 Å². The van der Waals surface area contributed by atoms with E-state index >= 15 is 0 Å². The molecule has 2 N–H and O–H groups in total. The SMILES string of the molecule is CCCC[C@H](NC(=O)c1ccc(-c2ncn(C)n2)cc1)C(=O)O. The molecule has 0 fully saturated rings. The van der Waals surface area contributed by atoms with E-state index in [0.717, 1.165) is 18.4 Å². The van der Waals surface area contributed by atoms with E-state index in [1.165, 1.54) is 0 Å². The largest absolute Gasteiger partial charge is 0.480 e. The molecule has 1 heterocycles. The number of nitrogens with zero attached hydrogens (tertiary/aromatic N) is 3. The zero-order valence-electron chi connectivity index (χ0n) is 13.2. The summed E-state index contributed by atoms with van der Waals surface area (Å²) in [6.07, 6.45) is 3.65. The van der Waals surface area contributed by atoms with Crippen LogP contribution in [-0.4, -0.2) is 37.8 Å². The molecule has 1 atom stereocenters. The highest BCUT2D eigenvalue weighted by Gasteiger charge is 2.20. The molecular formula is C16H20N4O3. The Kier molecular flexibility index (Phi) is 5.46. The quantitative estimate of drug-likeness (QED) is 0.812. The lowest BCUT2D eigenvalue weighted by Gasteiger charge is -2.14. The molecule has 7 nitrogen and oxygen atoms in total. The maximum absolute atomic E-state index is 12.2. The van der Waals surface area contributed by atoms with Crippen molar-refractivity contribution in [2.75, 3.05) is 0 Å². The fraction of sp³-hybridized carbons (Fsp3) is 0.375. The van der Waals surface area contributed by atoms with Crippen LogP contribution in [0.1, 0.15) is 36.5 Å². The van der Waals surface area contributed by atoms with E-state index in [0.29, 0.717) is 17.8 Å². The number of unbranched alkanes of at least 4 members (excludes halogenated alkanes) is 1. The number of carbonyl (C=O) groups excluding carboxylic acids is 1. The maximum atomic E-state index is 12.2. The first-order chi connectivity index (χ1) is 11.0. The summed E-state index contributed by atoms with van der Waals surface area (Å²) in [5, 5.41) is 15.9. The standard InChI is InChI=1S/C16H20N4O3/c1-3-4-5-13(16(22)23)18-15(21)12-8-6-11(7-9-12)14-17-10-20(2)19-14/h6-10,13H,3-5H2,1-2H3,(H,18,21)(H,22,23)/t13-/m0/s1. The third-order valence-electron chi connectivity index (χ3n) is 3.45. The molecule has 0 radical (unpaired) electrons. The van der Waals surface area contributed by atoms with E-state index in [-0.39, 0.29) is 0 Å². The molecule has 122 valence electrons. The van der Waals surface area contributed by atoms with Gasteiger partial charge in [-0.05, 0) is 18.6 Å². The van der Waals surface area contributed by atoms with Gasteiger partial charge in [0.2, 0.25) is 0 Å². The van der Waals surface area contributed by atoms with Crippen LogP contribution in [0.5, 0.6) is 0 Å². The van der Waals surface area contributed by atoms with Crippen LogP contribution in [0.3, 0.4) is 0 Å². The van der Waals surface area contributed by atoms with Gasteiger partial charge in [0.25, 0.3) is 5.91 Å². The minimum Gasteiger partial charge on any atom is -0.480 e. The summed E-state index contributed by atoms with van der Waals surface area (Å²) in [4.78, 5) is 27.5. The number of aromatic nitrogens is 3. The fourth-order valence-electron chi connectivity index (χ4n) is 2.15. The molecule has 0 aliphatic rings. The van der Waals surface area contributed by atoms with Gasteiger partial charge < -0.3 is 10.4 Å². The summed E-state index contributed by atoms with van der Waals surface area (Å²) in [6.45, 7) is 1.98. The first-order valence-electron chi connectivity index (χ1n) is 7.51. The number of benzene rings is 1. The molecule has 0 bridgehead atoms. The summed E-state index contributed by atoms with van der Waals surface area (Å²) in [5.74, 6) is -0.832. The Labute approximate surface area is 134 Å². The van der Waals surface area contributed by atoms with Crippen LogP contribution in [0.4, 0.5) is 0 Å². The molecule has 0 aliphatic heterocycles. The van der Waals surface area contributed by atoms with Crippen molar-refractivity contribution in [3.63, 3.8) is 0 Å². The van der Waals surface area contributed by atoms with Gasteiger partial charge in [-0.2, -0.15) is 5.10 Å². The zero-order valence-corrected chi connectivity index (χ0v) is 13.2.